The van der Waals surface area contributed by atoms with Gasteiger partial charge in [0.2, 0.25) is 0 Å². The Balaban J connectivity index is 1.45. The van der Waals surface area contributed by atoms with E-state index in [9.17, 15) is 0 Å². The van der Waals surface area contributed by atoms with Crippen LogP contribution in [0.5, 0.6) is 0 Å². The Bertz CT molecular complexity index is 894. The van der Waals surface area contributed by atoms with Gasteiger partial charge in [-0.15, -0.1) is 0 Å². The Morgan fingerprint density at radius 3 is 1.54 bits per heavy atom. The van der Waals surface area contributed by atoms with Crippen molar-refractivity contribution in [1.82, 2.24) is 15.0 Å². The van der Waals surface area contributed by atoms with Crippen molar-refractivity contribution in [2.45, 2.75) is 12.6 Å². The van der Waals surface area contributed by atoms with Crippen LogP contribution in [0.3, 0.4) is 0 Å². The highest BCUT2D eigenvalue weighted by molar-refractivity contribution is 5.62. The normalized spacial score (nSPS) is 18.0. The lowest BCUT2D eigenvalue weighted by Crippen LogP contribution is -2.00. The first-order valence-electron chi connectivity index (χ1n) is 9.23. The molecule has 0 amide bonds. The smallest absolute Gasteiger partial charge is 0.184 e. The van der Waals surface area contributed by atoms with Gasteiger partial charge in [0.15, 0.2) is 12.6 Å². The number of rotatable bonds is 4. The lowest BCUT2D eigenvalue weighted by Gasteiger charge is -2.11. The van der Waals surface area contributed by atoms with E-state index in [2.05, 4.69) is 9.97 Å². The fourth-order valence-electron chi connectivity index (χ4n) is 3.29. The minimum atomic E-state index is -0.338. The summed E-state index contributed by atoms with van der Waals surface area (Å²) in [6.45, 7) is 2.41. The molecule has 2 fully saturated rings. The van der Waals surface area contributed by atoms with E-state index < -0.39 is 0 Å². The van der Waals surface area contributed by atoms with E-state index in [1.165, 1.54) is 0 Å². The van der Waals surface area contributed by atoms with Crippen LogP contribution >= 0.6 is 0 Å². The molecule has 3 aromatic rings. The zero-order chi connectivity index (χ0) is 18.8. The molecule has 0 aromatic carbocycles. The predicted molar refractivity (Wildman–Crippen MR) is 100.0 cm³/mol. The first kappa shape index (κ1) is 17.4. The van der Waals surface area contributed by atoms with Crippen molar-refractivity contribution in [1.29, 1.82) is 0 Å². The number of ether oxygens (including phenoxy) is 4. The Morgan fingerprint density at radius 1 is 0.607 bits per heavy atom. The van der Waals surface area contributed by atoms with Crippen LogP contribution < -0.4 is 0 Å². The Hall–Kier alpha value is -2.71. The zero-order valence-electron chi connectivity index (χ0n) is 15.2. The van der Waals surface area contributed by atoms with Crippen molar-refractivity contribution >= 4 is 0 Å². The highest BCUT2D eigenvalue weighted by Gasteiger charge is 2.20. The number of nitrogens with zero attached hydrogens (tertiary/aromatic N) is 3. The highest BCUT2D eigenvalue weighted by atomic mass is 16.7. The highest BCUT2D eigenvalue weighted by Crippen LogP contribution is 2.28. The van der Waals surface area contributed by atoms with E-state index >= 15 is 0 Å². The number of aromatic nitrogens is 3. The average molecular weight is 377 g/mol. The number of hydrogen-bond acceptors (Lipinski definition) is 7. The second-order valence-corrected chi connectivity index (χ2v) is 6.50. The summed E-state index contributed by atoms with van der Waals surface area (Å²) in [5, 5.41) is 0. The van der Waals surface area contributed by atoms with Crippen molar-refractivity contribution < 1.29 is 18.9 Å². The first-order chi connectivity index (χ1) is 13.9. The molecule has 2 aliphatic heterocycles. The fourth-order valence-corrected chi connectivity index (χ4v) is 3.29. The molecule has 2 saturated heterocycles. The Morgan fingerprint density at radius 2 is 1.07 bits per heavy atom. The molecule has 0 bridgehead atoms. The van der Waals surface area contributed by atoms with Gasteiger partial charge in [0.05, 0.1) is 49.2 Å². The summed E-state index contributed by atoms with van der Waals surface area (Å²) >= 11 is 0. The molecule has 0 saturated carbocycles. The van der Waals surface area contributed by atoms with Crippen LogP contribution in [0.25, 0.3) is 22.8 Å². The molecular weight excluding hydrogens is 358 g/mol. The summed E-state index contributed by atoms with van der Waals surface area (Å²) in [4.78, 5) is 13.7. The van der Waals surface area contributed by atoms with Crippen LogP contribution in [-0.2, 0) is 18.9 Å². The summed E-state index contributed by atoms with van der Waals surface area (Å²) in [5.41, 5.74) is 4.92. The van der Waals surface area contributed by atoms with Gasteiger partial charge in [-0.1, -0.05) is 6.07 Å². The fraction of sp³-hybridized carbons (Fsp3) is 0.286. The van der Waals surface area contributed by atoms with Gasteiger partial charge in [0.25, 0.3) is 0 Å². The van der Waals surface area contributed by atoms with Crippen LogP contribution in [0.2, 0.25) is 0 Å². The van der Waals surface area contributed by atoms with Gasteiger partial charge in [0, 0.05) is 23.5 Å². The van der Waals surface area contributed by atoms with Gasteiger partial charge < -0.3 is 18.9 Å². The summed E-state index contributed by atoms with van der Waals surface area (Å²) in [6.07, 6.45) is 2.82. The minimum Gasteiger partial charge on any atom is -0.346 e. The van der Waals surface area contributed by atoms with E-state index in [1.54, 1.807) is 12.4 Å². The Kier molecular flexibility index (Phi) is 4.80. The van der Waals surface area contributed by atoms with E-state index in [1.807, 2.05) is 42.5 Å². The molecule has 142 valence electrons. The lowest BCUT2D eigenvalue weighted by molar-refractivity contribution is -0.0443. The van der Waals surface area contributed by atoms with E-state index in [-0.39, 0.29) is 12.6 Å². The maximum atomic E-state index is 5.58. The SMILES string of the molecule is c1cc(-c2cc(C3OCCO3)ccn2)nc(-c2cc(C3OCCO3)ccn2)c1. The molecule has 0 aliphatic carbocycles. The summed E-state index contributed by atoms with van der Waals surface area (Å²) < 4.78 is 22.3. The standard InChI is InChI=1S/C21H19N3O4/c1-2-16(18-12-14(4-6-22-18)20-25-8-9-26-20)24-17(3-1)19-13-15(5-7-23-19)21-27-10-11-28-21/h1-7,12-13,20-21H,8-11H2. The van der Waals surface area contributed by atoms with Gasteiger partial charge in [-0.25, -0.2) is 4.98 Å². The molecule has 5 rings (SSSR count). The second-order valence-electron chi connectivity index (χ2n) is 6.50. The first-order valence-corrected chi connectivity index (χ1v) is 9.23. The van der Waals surface area contributed by atoms with Crippen LogP contribution in [0.15, 0.2) is 54.9 Å². The third kappa shape index (κ3) is 3.53. The quantitative estimate of drug-likeness (QED) is 0.690. The van der Waals surface area contributed by atoms with Gasteiger partial charge in [-0.3, -0.25) is 9.97 Å². The van der Waals surface area contributed by atoms with Crippen molar-refractivity contribution in [3.63, 3.8) is 0 Å². The maximum absolute atomic E-state index is 5.58. The van der Waals surface area contributed by atoms with E-state index in [0.29, 0.717) is 26.4 Å². The molecule has 28 heavy (non-hydrogen) atoms. The molecule has 3 aromatic heterocycles. The van der Waals surface area contributed by atoms with Crippen molar-refractivity contribution in [2.24, 2.45) is 0 Å². The maximum Gasteiger partial charge on any atom is 0.184 e. The van der Waals surface area contributed by atoms with Crippen LogP contribution in [0, 0.1) is 0 Å². The molecule has 7 nitrogen and oxygen atoms in total. The van der Waals surface area contributed by atoms with Gasteiger partial charge in [-0.2, -0.15) is 0 Å². The third-order valence-electron chi connectivity index (χ3n) is 4.63. The molecule has 2 aliphatic rings. The van der Waals surface area contributed by atoms with Gasteiger partial charge in [0.1, 0.15) is 0 Å². The summed E-state index contributed by atoms with van der Waals surface area (Å²) in [5.74, 6) is 0. The van der Waals surface area contributed by atoms with Crippen LogP contribution in [0.4, 0.5) is 0 Å². The van der Waals surface area contributed by atoms with Crippen molar-refractivity contribution in [3.05, 3.63) is 66.0 Å². The third-order valence-corrected chi connectivity index (χ3v) is 4.63. The zero-order valence-corrected chi connectivity index (χ0v) is 15.2. The molecule has 0 N–H and O–H groups in total. The van der Waals surface area contributed by atoms with Gasteiger partial charge in [-0.05, 0) is 36.4 Å². The molecule has 0 unspecified atom stereocenters. The van der Waals surface area contributed by atoms with E-state index in [0.717, 1.165) is 33.9 Å². The monoisotopic (exact) mass is 377 g/mol. The van der Waals surface area contributed by atoms with Crippen molar-refractivity contribution in [3.8, 4) is 22.8 Å². The van der Waals surface area contributed by atoms with Gasteiger partial charge >= 0.3 is 0 Å². The topological polar surface area (TPSA) is 75.6 Å². The van der Waals surface area contributed by atoms with Crippen molar-refractivity contribution in [2.75, 3.05) is 26.4 Å². The molecule has 5 heterocycles. The second kappa shape index (κ2) is 7.73. The minimum absolute atomic E-state index is 0.338. The molecule has 0 spiro atoms. The summed E-state index contributed by atoms with van der Waals surface area (Å²) in [6, 6.07) is 13.5. The lowest BCUT2D eigenvalue weighted by atomic mass is 10.1. The van der Waals surface area contributed by atoms with E-state index in [4.69, 9.17) is 23.9 Å². The van der Waals surface area contributed by atoms with Crippen LogP contribution in [-0.4, -0.2) is 41.4 Å². The Labute approximate surface area is 162 Å². The molecule has 0 atom stereocenters. The average Bonchev–Trinajstić information content (AvgIpc) is 3.48. The number of pyridine rings is 3. The largest absolute Gasteiger partial charge is 0.346 e. The number of hydrogen-bond donors (Lipinski definition) is 0. The predicted octanol–water partition coefficient (Wildman–Crippen LogP) is 3.30. The van der Waals surface area contributed by atoms with Crippen LogP contribution in [0.1, 0.15) is 23.7 Å². The molecule has 0 radical (unpaired) electrons. The molecular formula is C21H19N3O4. The molecule has 7 heteroatoms. The summed E-state index contributed by atoms with van der Waals surface area (Å²) in [7, 11) is 0.